The Bertz CT molecular complexity index is 200. The topological polar surface area (TPSA) is 37.3 Å². The van der Waals surface area contributed by atoms with Crippen LogP contribution in [0.25, 0.3) is 0 Å². The minimum atomic E-state index is -0.802. The van der Waals surface area contributed by atoms with Gasteiger partial charge in [0.05, 0.1) is 6.42 Å². The zero-order valence-corrected chi connectivity index (χ0v) is 7.23. The van der Waals surface area contributed by atoms with Crippen molar-refractivity contribution < 1.29 is 9.90 Å². The highest BCUT2D eigenvalue weighted by molar-refractivity contribution is 5.68. The molecular weight excluding hydrogens is 152 g/mol. The van der Waals surface area contributed by atoms with E-state index in [0.717, 1.165) is 6.42 Å². The lowest BCUT2D eigenvalue weighted by atomic mass is 10.3. The number of hydrogen-bond acceptors (Lipinski definition) is 1. The maximum absolute atomic E-state index is 10.0. The van der Waals surface area contributed by atoms with Crippen molar-refractivity contribution in [3.63, 3.8) is 0 Å². The van der Waals surface area contributed by atoms with Gasteiger partial charge in [-0.05, 0) is 6.42 Å². The normalized spacial score (nSPS) is 12.1. The number of carbonyl (C=O) groups is 1. The highest BCUT2D eigenvalue weighted by atomic mass is 16.4. The van der Waals surface area contributed by atoms with Gasteiger partial charge in [0.2, 0.25) is 0 Å². The SMILES string of the molecule is CC/C=C/C=C/C=C/CC(=O)O. The standard InChI is InChI=1S/C10H14O2/c1-2-3-4-5-6-7-8-9-10(11)12/h3-8H,2,9H2,1H3,(H,11,12)/b4-3+,6-5+,8-7+. The largest absolute Gasteiger partial charge is 0.481 e. The Morgan fingerprint density at radius 1 is 1.17 bits per heavy atom. The van der Waals surface area contributed by atoms with Gasteiger partial charge in [-0.15, -0.1) is 0 Å². The summed E-state index contributed by atoms with van der Waals surface area (Å²) in [5.41, 5.74) is 0. The van der Waals surface area contributed by atoms with Crippen LogP contribution in [0, 0.1) is 0 Å². The summed E-state index contributed by atoms with van der Waals surface area (Å²) in [5, 5.41) is 8.26. The van der Waals surface area contributed by atoms with Crippen LogP contribution in [0.5, 0.6) is 0 Å². The lowest BCUT2D eigenvalue weighted by molar-refractivity contribution is -0.135. The average Bonchev–Trinajstić information content (AvgIpc) is 2.02. The molecule has 0 aliphatic rings. The zero-order valence-electron chi connectivity index (χ0n) is 7.23. The first kappa shape index (κ1) is 10.7. The average molecular weight is 166 g/mol. The molecule has 0 aromatic carbocycles. The van der Waals surface area contributed by atoms with Gasteiger partial charge in [0, 0.05) is 0 Å². The molecule has 12 heavy (non-hydrogen) atoms. The summed E-state index contributed by atoms with van der Waals surface area (Å²) in [5.74, 6) is -0.802. The van der Waals surface area contributed by atoms with Crippen LogP contribution in [-0.2, 0) is 4.79 Å². The molecule has 0 saturated heterocycles. The quantitative estimate of drug-likeness (QED) is 0.637. The molecule has 66 valence electrons. The molecule has 0 fully saturated rings. The number of hydrogen-bond donors (Lipinski definition) is 1. The van der Waals surface area contributed by atoms with Crippen LogP contribution in [0.2, 0.25) is 0 Å². The third-order valence-corrected chi connectivity index (χ3v) is 1.13. The molecule has 0 aliphatic heterocycles. The molecule has 2 nitrogen and oxygen atoms in total. The van der Waals surface area contributed by atoms with E-state index in [1.807, 2.05) is 24.3 Å². The Labute approximate surface area is 72.9 Å². The summed E-state index contributed by atoms with van der Waals surface area (Å²) in [6.45, 7) is 2.06. The fourth-order valence-corrected chi connectivity index (χ4v) is 0.590. The minimum Gasteiger partial charge on any atom is -0.481 e. The van der Waals surface area contributed by atoms with Crippen molar-refractivity contribution in [1.29, 1.82) is 0 Å². The maximum Gasteiger partial charge on any atom is 0.307 e. The third kappa shape index (κ3) is 8.69. The smallest absolute Gasteiger partial charge is 0.307 e. The number of carboxylic acid groups (broad SMARTS) is 1. The molecule has 0 aromatic rings. The van der Waals surface area contributed by atoms with Crippen molar-refractivity contribution in [3.8, 4) is 0 Å². The summed E-state index contributed by atoms with van der Waals surface area (Å²) >= 11 is 0. The molecule has 0 saturated carbocycles. The van der Waals surface area contributed by atoms with Crippen LogP contribution in [0.4, 0.5) is 0 Å². The maximum atomic E-state index is 10.0. The molecule has 0 atom stereocenters. The number of carboxylic acids is 1. The van der Waals surface area contributed by atoms with Gasteiger partial charge in [0.1, 0.15) is 0 Å². The van der Waals surface area contributed by atoms with E-state index in [-0.39, 0.29) is 6.42 Å². The van der Waals surface area contributed by atoms with Crippen molar-refractivity contribution in [2.45, 2.75) is 19.8 Å². The monoisotopic (exact) mass is 166 g/mol. The van der Waals surface area contributed by atoms with E-state index in [4.69, 9.17) is 5.11 Å². The van der Waals surface area contributed by atoms with Gasteiger partial charge in [0.25, 0.3) is 0 Å². The molecule has 0 amide bonds. The van der Waals surface area contributed by atoms with Crippen molar-refractivity contribution >= 4 is 5.97 Å². The Kier molecular flexibility index (Phi) is 6.94. The van der Waals surface area contributed by atoms with Crippen molar-refractivity contribution in [2.24, 2.45) is 0 Å². The molecular formula is C10H14O2. The van der Waals surface area contributed by atoms with Crippen LogP contribution in [0.15, 0.2) is 36.5 Å². The Hall–Kier alpha value is -1.31. The van der Waals surface area contributed by atoms with Gasteiger partial charge >= 0.3 is 5.97 Å². The number of aliphatic carboxylic acids is 1. The second kappa shape index (κ2) is 7.79. The fourth-order valence-electron chi connectivity index (χ4n) is 0.590. The van der Waals surface area contributed by atoms with Crippen LogP contribution < -0.4 is 0 Å². The molecule has 1 N–H and O–H groups in total. The second-order valence-electron chi connectivity index (χ2n) is 2.25. The van der Waals surface area contributed by atoms with Gasteiger partial charge in [0.15, 0.2) is 0 Å². The van der Waals surface area contributed by atoms with E-state index in [9.17, 15) is 4.79 Å². The highest BCUT2D eigenvalue weighted by Crippen LogP contribution is 1.86. The van der Waals surface area contributed by atoms with Gasteiger partial charge in [-0.3, -0.25) is 4.79 Å². The van der Waals surface area contributed by atoms with Crippen LogP contribution in [-0.4, -0.2) is 11.1 Å². The van der Waals surface area contributed by atoms with E-state index in [1.54, 1.807) is 12.2 Å². The summed E-state index contributed by atoms with van der Waals surface area (Å²) in [7, 11) is 0. The van der Waals surface area contributed by atoms with E-state index in [0.29, 0.717) is 0 Å². The molecule has 0 rings (SSSR count). The second-order valence-corrected chi connectivity index (χ2v) is 2.25. The Balaban J connectivity index is 3.52. The summed E-state index contributed by atoms with van der Waals surface area (Å²) in [6, 6.07) is 0. The third-order valence-electron chi connectivity index (χ3n) is 1.13. The Morgan fingerprint density at radius 2 is 1.75 bits per heavy atom. The number of allylic oxidation sites excluding steroid dienone is 5. The van der Waals surface area contributed by atoms with Gasteiger partial charge in [-0.25, -0.2) is 0 Å². The predicted molar refractivity (Wildman–Crippen MR) is 50.0 cm³/mol. The zero-order chi connectivity index (χ0) is 9.23. The predicted octanol–water partition coefficient (Wildman–Crippen LogP) is 2.54. The molecule has 0 bridgehead atoms. The first-order valence-electron chi connectivity index (χ1n) is 3.97. The fraction of sp³-hybridized carbons (Fsp3) is 0.300. The highest BCUT2D eigenvalue weighted by Gasteiger charge is 1.86. The molecule has 0 aromatic heterocycles. The molecule has 0 unspecified atom stereocenters. The first-order valence-corrected chi connectivity index (χ1v) is 3.97. The van der Waals surface area contributed by atoms with E-state index < -0.39 is 5.97 Å². The number of rotatable bonds is 5. The van der Waals surface area contributed by atoms with E-state index in [1.165, 1.54) is 0 Å². The molecule has 0 spiro atoms. The summed E-state index contributed by atoms with van der Waals surface area (Å²) < 4.78 is 0. The van der Waals surface area contributed by atoms with Crippen LogP contribution >= 0.6 is 0 Å². The van der Waals surface area contributed by atoms with Gasteiger partial charge < -0.3 is 5.11 Å². The Morgan fingerprint density at radius 3 is 2.25 bits per heavy atom. The summed E-state index contributed by atoms with van der Waals surface area (Å²) in [6.07, 6.45) is 12.1. The van der Waals surface area contributed by atoms with Crippen molar-refractivity contribution in [2.75, 3.05) is 0 Å². The molecule has 2 heteroatoms. The molecule has 0 radical (unpaired) electrons. The molecule has 0 heterocycles. The van der Waals surface area contributed by atoms with Gasteiger partial charge in [-0.2, -0.15) is 0 Å². The lowest BCUT2D eigenvalue weighted by Crippen LogP contribution is -1.89. The summed E-state index contributed by atoms with van der Waals surface area (Å²) in [4.78, 5) is 10.0. The van der Waals surface area contributed by atoms with E-state index >= 15 is 0 Å². The van der Waals surface area contributed by atoms with Crippen molar-refractivity contribution in [1.82, 2.24) is 0 Å². The van der Waals surface area contributed by atoms with Crippen molar-refractivity contribution in [3.05, 3.63) is 36.5 Å². The minimum absolute atomic E-state index is 0.0852. The molecule has 0 aliphatic carbocycles. The van der Waals surface area contributed by atoms with Crippen LogP contribution in [0.1, 0.15) is 19.8 Å². The van der Waals surface area contributed by atoms with Crippen LogP contribution in [0.3, 0.4) is 0 Å². The lowest BCUT2D eigenvalue weighted by Gasteiger charge is -1.79. The van der Waals surface area contributed by atoms with Gasteiger partial charge in [-0.1, -0.05) is 43.4 Å². The van der Waals surface area contributed by atoms with E-state index in [2.05, 4.69) is 6.92 Å². The first-order chi connectivity index (χ1) is 5.77.